The highest BCUT2D eigenvalue weighted by molar-refractivity contribution is 7.92. The van der Waals surface area contributed by atoms with E-state index in [1.807, 2.05) is 6.07 Å². The summed E-state index contributed by atoms with van der Waals surface area (Å²) in [7, 11) is -2.35. The van der Waals surface area contributed by atoms with Gasteiger partial charge < -0.3 is 5.32 Å². The van der Waals surface area contributed by atoms with Crippen molar-refractivity contribution < 1.29 is 9.00 Å². The second-order valence-electron chi connectivity index (χ2n) is 3.48. The topological polar surface area (TPSA) is 58.5 Å². The Hall–Kier alpha value is -0.430. The van der Waals surface area contributed by atoms with E-state index < -0.39 is 15.6 Å². The first kappa shape index (κ1) is 13.6. The Morgan fingerprint density at radius 2 is 2.25 bits per heavy atom. The zero-order valence-electron chi connectivity index (χ0n) is 9.03. The number of hydrogen-bond acceptors (Lipinski definition) is 4. The van der Waals surface area contributed by atoms with Gasteiger partial charge in [-0.05, 0) is 12.1 Å². The molecule has 0 fully saturated rings. The van der Waals surface area contributed by atoms with E-state index in [-0.39, 0.29) is 6.54 Å². The number of amides is 1. The minimum absolute atomic E-state index is 0.0915. The summed E-state index contributed by atoms with van der Waals surface area (Å²) >= 11 is 7.21. The number of carbonyl (C=O) groups excluding carboxylic acids is 1. The van der Waals surface area contributed by atoms with Gasteiger partial charge in [0.05, 0.1) is 10.9 Å². The van der Waals surface area contributed by atoms with Crippen LogP contribution in [0.3, 0.4) is 0 Å². The normalized spacial score (nSPS) is 11.4. The largest absolute Gasteiger partial charge is 0.303 e. The average molecular weight is 281 g/mol. The summed E-state index contributed by atoms with van der Waals surface area (Å²) in [6, 6.07) is 3.70. The maximum absolute atomic E-state index is 11.2. The van der Waals surface area contributed by atoms with E-state index in [1.54, 1.807) is 6.07 Å². The quantitative estimate of drug-likeness (QED) is 0.914. The number of hydrogen-bond donors (Lipinski definition) is 1. The van der Waals surface area contributed by atoms with E-state index in [9.17, 15) is 9.00 Å². The van der Waals surface area contributed by atoms with Crippen LogP contribution in [0.5, 0.6) is 0 Å². The first-order valence-electron chi connectivity index (χ1n) is 4.52. The fraction of sp³-hybridized carbons (Fsp3) is 0.444. The zero-order chi connectivity index (χ0) is 12.2. The predicted molar refractivity (Wildman–Crippen MR) is 68.5 cm³/mol. The molecule has 0 saturated heterocycles. The highest BCUT2D eigenvalue weighted by Crippen LogP contribution is 2.20. The van der Waals surface area contributed by atoms with Gasteiger partial charge in [-0.15, -0.1) is 11.3 Å². The number of nitrogens with zero attached hydrogens (tertiary/aromatic N) is 1. The lowest BCUT2D eigenvalue weighted by molar-refractivity contribution is -0.116. The van der Waals surface area contributed by atoms with Gasteiger partial charge in [0.25, 0.3) is 5.91 Å². The average Bonchev–Trinajstić information content (AvgIpc) is 2.48. The molecular formula is C9H13ClN2O2S2. The Kier molecular flexibility index (Phi) is 4.91. The van der Waals surface area contributed by atoms with E-state index in [4.69, 9.17) is 11.6 Å². The van der Waals surface area contributed by atoms with E-state index >= 15 is 0 Å². The van der Waals surface area contributed by atoms with Gasteiger partial charge in [-0.2, -0.15) is 4.36 Å². The number of rotatable bonds is 4. The molecule has 7 heteroatoms. The van der Waals surface area contributed by atoms with Gasteiger partial charge in [-0.25, -0.2) is 4.21 Å². The molecule has 4 nitrogen and oxygen atoms in total. The number of halogens is 1. The first-order valence-corrected chi connectivity index (χ1v) is 8.04. The van der Waals surface area contributed by atoms with Crippen LogP contribution in [0.15, 0.2) is 16.5 Å². The molecule has 1 N–H and O–H groups in total. The van der Waals surface area contributed by atoms with Crippen LogP contribution in [0.2, 0.25) is 4.34 Å². The molecule has 1 amide bonds. The Morgan fingerprint density at radius 1 is 1.56 bits per heavy atom. The van der Waals surface area contributed by atoms with Crippen molar-refractivity contribution in [1.29, 1.82) is 0 Å². The summed E-state index contributed by atoms with van der Waals surface area (Å²) in [5.41, 5.74) is 0. The molecule has 0 aliphatic carbocycles. The molecule has 0 aromatic carbocycles. The van der Waals surface area contributed by atoms with Crippen LogP contribution in [0.4, 0.5) is 0 Å². The maximum Gasteiger partial charge on any atom is 0.267 e. The van der Waals surface area contributed by atoms with Crippen LogP contribution in [0, 0.1) is 0 Å². The highest BCUT2D eigenvalue weighted by Gasteiger charge is 2.02. The number of nitrogens with one attached hydrogen (secondary N) is 1. The second kappa shape index (κ2) is 5.77. The van der Waals surface area contributed by atoms with Crippen molar-refractivity contribution >= 4 is 38.6 Å². The Morgan fingerprint density at radius 3 is 2.75 bits per heavy atom. The van der Waals surface area contributed by atoms with Crippen LogP contribution >= 0.6 is 22.9 Å². The van der Waals surface area contributed by atoms with Gasteiger partial charge in [0.15, 0.2) is 0 Å². The summed E-state index contributed by atoms with van der Waals surface area (Å²) in [6.45, 7) is 0.654. The van der Waals surface area contributed by atoms with Crippen LogP contribution in [-0.2, 0) is 21.1 Å². The molecule has 1 rings (SSSR count). The lowest BCUT2D eigenvalue weighted by Crippen LogP contribution is -2.21. The molecular weight excluding hydrogens is 268 g/mol. The molecule has 0 aliphatic rings. The van der Waals surface area contributed by atoms with E-state index in [2.05, 4.69) is 9.68 Å². The molecule has 1 aromatic rings. The third-order valence-electron chi connectivity index (χ3n) is 1.53. The SMILES string of the molecule is CS(C)(=O)=NC(=O)CNCc1ccc(Cl)s1. The Labute approximate surface area is 104 Å². The van der Waals surface area contributed by atoms with E-state index in [0.29, 0.717) is 6.54 Å². The fourth-order valence-electron chi connectivity index (χ4n) is 1.02. The third-order valence-corrected chi connectivity index (χ3v) is 3.40. The molecule has 90 valence electrons. The van der Waals surface area contributed by atoms with Crippen molar-refractivity contribution in [3.8, 4) is 0 Å². The van der Waals surface area contributed by atoms with Gasteiger partial charge in [-0.1, -0.05) is 11.6 Å². The van der Waals surface area contributed by atoms with Crippen LogP contribution < -0.4 is 5.32 Å². The second-order valence-corrected chi connectivity index (χ2v) is 7.82. The fourth-order valence-corrected chi connectivity index (χ4v) is 2.63. The van der Waals surface area contributed by atoms with Gasteiger partial charge in [0.2, 0.25) is 0 Å². The molecule has 0 spiro atoms. The summed E-state index contributed by atoms with van der Waals surface area (Å²) < 4.78 is 15.5. The molecule has 16 heavy (non-hydrogen) atoms. The predicted octanol–water partition coefficient (Wildman–Crippen LogP) is 1.75. The number of thiophene rings is 1. The van der Waals surface area contributed by atoms with E-state index in [0.717, 1.165) is 9.21 Å². The highest BCUT2D eigenvalue weighted by atomic mass is 35.5. The molecule has 1 aromatic heterocycles. The first-order chi connectivity index (χ1) is 7.37. The maximum atomic E-state index is 11.2. The lowest BCUT2D eigenvalue weighted by Gasteiger charge is -1.99. The molecule has 0 bridgehead atoms. The van der Waals surface area contributed by atoms with Crippen molar-refractivity contribution in [2.45, 2.75) is 6.54 Å². The van der Waals surface area contributed by atoms with Gasteiger partial charge in [0, 0.05) is 33.7 Å². The molecule has 0 aliphatic heterocycles. The van der Waals surface area contributed by atoms with Crippen molar-refractivity contribution in [1.82, 2.24) is 5.32 Å². The minimum atomic E-state index is -2.35. The minimum Gasteiger partial charge on any atom is -0.303 e. The summed E-state index contributed by atoms with van der Waals surface area (Å²) in [5.74, 6) is -0.391. The van der Waals surface area contributed by atoms with Gasteiger partial charge in [0.1, 0.15) is 0 Å². The molecule has 0 saturated carbocycles. The summed E-state index contributed by atoms with van der Waals surface area (Å²) in [5, 5.41) is 2.92. The lowest BCUT2D eigenvalue weighted by atomic mass is 10.4. The van der Waals surface area contributed by atoms with Crippen molar-refractivity contribution in [3.63, 3.8) is 0 Å². The van der Waals surface area contributed by atoms with Gasteiger partial charge >= 0.3 is 0 Å². The van der Waals surface area contributed by atoms with E-state index in [1.165, 1.54) is 23.8 Å². The van der Waals surface area contributed by atoms with Crippen molar-refractivity contribution in [2.75, 3.05) is 19.1 Å². The molecule has 0 atom stereocenters. The van der Waals surface area contributed by atoms with Crippen LogP contribution in [0.1, 0.15) is 4.88 Å². The van der Waals surface area contributed by atoms with Crippen molar-refractivity contribution in [2.24, 2.45) is 4.36 Å². The molecule has 0 radical (unpaired) electrons. The van der Waals surface area contributed by atoms with Crippen LogP contribution in [0.25, 0.3) is 0 Å². The monoisotopic (exact) mass is 280 g/mol. The zero-order valence-corrected chi connectivity index (χ0v) is 11.4. The standard InChI is InChI=1S/C9H13ClN2O2S2/c1-16(2,14)12-9(13)6-11-5-7-3-4-8(10)15-7/h3-4,11H,5-6H2,1-2H3. The van der Waals surface area contributed by atoms with Crippen molar-refractivity contribution in [3.05, 3.63) is 21.3 Å². The Bertz CT molecular complexity index is 481. The van der Waals surface area contributed by atoms with Crippen LogP contribution in [-0.4, -0.2) is 29.2 Å². The summed E-state index contributed by atoms with van der Waals surface area (Å²) in [6.07, 6.45) is 2.87. The Balaban J connectivity index is 2.37. The molecule has 1 heterocycles. The molecule has 0 unspecified atom stereocenters. The summed E-state index contributed by atoms with van der Waals surface area (Å²) in [4.78, 5) is 12.3. The van der Waals surface area contributed by atoms with Gasteiger partial charge in [-0.3, -0.25) is 4.79 Å². The third kappa shape index (κ3) is 5.60. The number of carbonyl (C=O) groups is 1. The smallest absolute Gasteiger partial charge is 0.267 e.